The molecular formula is C28H40N4O3S. The first-order valence-corrected chi connectivity index (χ1v) is 14.5. The minimum Gasteiger partial charge on any atom is -0.493 e. The number of ether oxygens (including phenoxy) is 1. The van der Waals surface area contributed by atoms with Gasteiger partial charge in [0.2, 0.25) is 5.91 Å². The number of aliphatic imine (C=N–C) groups is 1. The highest BCUT2D eigenvalue weighted by Gasteiger charge is 2.27. The molecule has 3 aliphatic rings. The van der Waals surface area contributed by atoms with Gasteiger partial charge in [0.05, 0.1) is 6.61 Å². The molecule has 0 saturated carbocycles. The Morgan fingerprint density at radius 3 is 2.36 bits per heavy atom. The third-order valence-corrected chi connectivity index (χ3v) is 8.44. The van der Waals surface area contributed by atoms with Crippen molar-refractivity contribution in [2.24, 2.45) is 28.5 Å². The Morgan fingerprint density at radius 2 is 1.75 bits per heavy atom. The number of hydrogen-bond donors (Lipinski definition) is 1. The summed E-state index contributed by atoms with van der Waals surface area (Å²) in [7, 11) is 0. The van der Waals surface area contributed by atoms with Crippen LogP contribution in [-0.4, -0.2) is 71.9 Å². The molecule has 1 atom stereocenters. The van der Waals surface area contributed by atoms with Gasteiger partial charge in [0.15, 0.2) is 0 Å². The Bertz CT molecular complexity index is 962. The summed E-state index contributed by atoms with van der Waals surface area (Å²) in [4.78, 5) is 33.0. The molecule has 4 rings (SSSR count). The fourth-order valence-electron chi connectivity index (χ4n) is 4.94. The van der Waals surface area contributed by atoms with Crippen LogP contribution in [0, 0.1) is 17.8 Å². The number of allylic oxidation sites excluding steroid dienone is 2. The highest BCUT2D eigenvalue weighted by molar-refractivity contribution is 7.99. The maximum absolute atomic E-state index is 12.8. The summed E-state index contributed by atoms with van der Waals surface area (Å²) in [6.45, 7) is 7.70. The van der Waals surface area contributed by atoms with E-state index in [0.29, 0.717) is 37.4 Å². The average Bonchev–Trinajstić information content (AvgIpc) is 2.92. The van der Waals surface area contributed by atoms with Gasteiger partial charge in [-0.25, -0.2) is 4.79 Å². The monoisotopic (exact) mass is 512 g/mol. The number of likely N-dealkylation sites (tertiary alicyclic amines) is 1. The molecule has 8 heteroatoms. The van der Waals surface area contributed by atoms with Crippen LogP contribution in [0.5, 0.6) is 5.75 Å². The number of carbonyl (C=O) groups excluding carboxylic acids is 2. The van der Waals surface area contributed by atoms with Gasteiger partial charge in [0, 0.05) is 49.5 Å². The lowest BCUT2D eigenvalue weighted by Gasteiger charge is -2.31. The quantitative estimate of drug-likeness (QED) is 0.442. The largest absolute Gasteiger partial charge is 0.493 e. The average molecular weight is 513 g/mol. The molecule has 1 aliphatic carbocycles. The first kappa shape index (κ1) is 26.6. The van der Waals surface area contributed by atoms with Crippen molar-refractivity contribution >= 4 is 35.1 Å². The van der Waals surface area contributed by atoms with Gasteiger partial charge in [0.25, 0.3) is 0 Å². The van der Waals surface area contributed by atoms with Crippen LogP contribution in [0.15, 0.2) is 35.3 Å². The first-order chi connectivity index (χ1) is 17.4. The molecule has 0 aromatic heterocycles. The number of thioether (sulfide) groups is 1. The third kappa shape index (κ3) is 7.05. The smallest absolute Gasteiger partial charge is 0.345 e. The second kappa shape index (κ2) is 12.7. The molecule has 0 bridgehead atoms. The Balaban J connectivity index is 1.20. The van der Waals surface area contributed by atoms with E-state index in [2.05, 4.69) is 28.1 Å². The normalized spacial score (nSPS) is 21.9. The van der Waals surface area contributed by atoms with E-state index in [1.165, 1.54) is 11.1 Å². The van der Waals surface area contributed by atoms with Crippen LogP contribution in [0.4, 0.5) is 4.79 Å². The molecule has 3 amide bonds. The van der Waals surface area contributed by atoms with Crippen LogP contribution in [0.2, 0.25) is 0 Å². The number of urea groups is 1. The lowest BCUT2D eigenvalue weighted by molar-refractivity contribution is -0.135. The molecule has 2 aliphatic heterocycles. The van der Waals surface area contributed by atoms with Crippen molar-refractivity contribution in [3.8, 4) is 5.75 Å². The Labute approximate surface area is 219 Å². The SMILES string of the molecule is CC(C)/C(N)=N/C(=O)N1CCC(COc2ccc(C3=CCC(C(=O)N4CCSCC4)CC3)cc2)CC1. The summed E-state index contributed by atoms with van der Waals surface area (Å²) in [5.41, 5.74) is 8.38. The number of nitrogens with two attached hydrogens (primary N) is 1. The maximum Gasteiger partial charge on any atom is 0.345 e. The minimum absolute atomic E-state index is 0.0746. The minimum atomic E-state index is -0.227. The van der Waals surface area contributed by atoms with Crippen LogP contribution >= 0.6 is 11.8 Å². The Kier molecular flexibility index (Phi) is 9.35. The van der Waals surface area contributed by atoms with Crippen molar-refractivity contribution in [1.82, 2.24) is 9.80 Å². The fraction of sp³-hybridized carbons (Fsp3) is 0.607. The predicted molar refractivity (Wildman–Crippen MR) is 147 cm³/mol. The van der Waals surface area contributed by atoms with Gasteiger partial charge in [-0.1, -0.05) is 32.1 Å². The lowest BCUT2D eigenvalue weighted by atomic mass is 9.86. The Hall–Kier alpha value is -2.48. The fourth-order valence-corrected chi connectivity index (χ4v) is 5.85. The van der Waals surface area contributed by atoms with Crippen molar-refractivity contribution in [3.05, 3.63) is 35.9 Å². The van der Waals surface area contributed by atoms with E-state index in [9.17, 15) is 9.59 Å². The van der Waals surface area contributed by atoms with Gasteiger partial charge in [-0.3, -0.25) is 4.79 Å². The van der Waals surface area contributed by atoms with E-state index in [4.69, 9.17) is 10.5 Å². The summed E-state index contributed by atoms with van der Waals surface area (Å²) >= 11 is 1.94. The summed E-state index contributed by atoms with van der Waals surface area (Å²) in [6.07, 6.45) is 6.79. The van der Waals surface area contributed by atoms with Crippen LogP contribution < -0.4 is 10.5 Å². The molecule has 196 valence electrons. The molecule has 2 fully saturated rings. The number of nitrogens with zero attached hydrogens (tertiary/aromatic N) is 3. The van der Waals surface area contributed by atoms with Crippen molar-refractivity contribution in [3.63, 3.8) is 0 Å². The van der Waals surface area contributed by atoms with E-state index >= 15 is 0 Å². The van der Waals surface area contributed by atoms with Crippen molar-refractivity contribution in [1.29, 1.82) is 0 Å². The molecule has 0 radical (unpaired) electrons. The summed E-state index contributed by atoms with van der Waals surface area (Å²) in [6, 6.07) is 8.11. The van der Waals surface area contributed by atoms with Crippen molar-refractivity contribution in [2.45, 2.75) is 46.0 Å². The predicted octanol–water partition coefficient (Wildman–Crippen LogP) is 4.67. The summed E-state index contributed by atoms with van der Waals surface area (Å²) in [5, 5.41) is 0. The zero-order chi connectivity index (χ0) is 25.5. The van der Waals surface area contributed by atoms with E-state index < -0.39 is 0 Å². The van der Waals surface area contributed by atoms with Crippen molar-refractivity contribution in [2.75, 3.05) is 44.3 Å². The number of rotatable bonds is 6. The van der Waals surface area contributed by atoms with E-state index in [0.717, 1.165) is 62.4 Å². The zero-order valence-electron chi connectivity index (χ0n) is 21.7. The molecule has 1 unspecified atom stereocenters. The van der Waals surface area contributed by atoms with E-state index in [1.807, 2.05) is 37.7 Å². The molecule has 2 heterocycles. The highest BCUT2D eigenvalue weighted by atomic mass is 32.2. The van der Waals surface area contributed by atoms with Gasteiger partial charge < -0.3 is 20.3 Å². The number of amidine groups is 1. The third-order valence-electron chi connectivity index (χ3n) is 7.50. The van der Waals surface area contributed by atoms with Crippen LogP contribution in [0.1, 0.15) is 51.5 Å². The van der Waals surface area contributed by atoms with E-state index in [1.54, 1.807) is 4.90 Å². The number of benzene rings is 1. The van der Waals surface area contributed by atoms with Crippen LogP contribution in [0.3, 0.4) is 0 Å². The summed E-state index contributed by atoms with van der Waals surface area (Å²) < 4.78 is 6.07. The highest BCUT2D eigenvalue weighted by Crippen LogP contribution is 2.32. The number of hydrogen-bond acceptors (Lipinski definition) is 4. The second-order valence-corrected chi connectivity index (χ2v) is 11.6. The van der Waals surface area contributed by atoms with E-state index in [-0.39, 0.29) is 17.9 Å². The van der Waals surface area contributed by atoms with Gasteiger partial charge in [-0.15, -0.1) is 0 Å². The topological polar surface area (TPSA) is 88.2 Å². The zero-order valence-corrected chi connectivity index (χ0v) is 22.5. The molecule has 1 aromatic rings. The lowest BCUT2D eigenvalue weighted by Crippen LogP contribution is -2.41. The molecule has 2 saturated heterocycles. The van der Waals surface area contributed by atoms with Gasteiger partial charge in [-0.2, -0.15) is 16.8 Å². The van der Waals surface area contributed by atoms with Gasteiger partial charge in [-0.05, 0) is 61.3 Å². The van der Waals surface area contributed by atoms with Gasteiger partial charge in [0.1, 0.15) is 11.6 Å². The molecule has 36 heavy (non-hydrogen) atoms. The first-order valence-electron chi connectivity index (χ1n) is 13.3. The Morgan fingerprint density at radius 1 is 1.06 bits per heavy atom. The van der Waals surface area contributed by atoms with Crippen LogP contribution in [0.25, 0.3) is 5.57 Å². The van der Waals surface area contributed by atoms with Crippen LogP contribution in [-0.2, 0) is 4.79 Å². The molecular weight excluding hydrogens is 472 g/mol. The standard InChI is InChI=1S/C28H40N4O3S/c1-20(2)26(29)30-28(34)32-13-11-21(12-14-32)19-35-25-9-7-23(8-10-25)22-3-5-24(6-4-22)27(33)31-15-17-36-18-16-31/h3,7-10,20-21,24H,4-6,11-19H2,1-2H3,(H2,29,30,34). The van der Waals surface area contributed by atoms with Crippen molar-refractivity contribution < 1.29 is 14.3 Å². The second-order valence-electron chi connectivity index (χ2n) is 10.4. The summed E-state index contributed by atoms with van der Waals surface area (Å²) in [5.74, 6) is 4.38. The van der Waals surface area contributed by atoms with Gasteiger partial charge >= 0.3 is 6.03 Å². The molecule has 7 nitrogen and oxygen atoms in total. The number of piperidine rings is 1. The number of amides is 3. The molecule has 1 aromatic carbocycles. The molecule has 0 spiro atoms. The number of carbonyl (C=O) groups is 2. The molecule has 2 N–H and O–H groups in total. The maximum atomic E-state index is 12.8.